The molecule has 4 nitrogen and oxygen atoms in total. The van der Waals surface area contributed by atoms with Crippen LogP contribution in [0.2, 0.25) is 10.0 Å². The molecule has 0 unspecified atom stereocenters. The van der Waals surface area contributed by atoms with E-state index in [9.17, 15) is 9.90 Å². The monoisotopic (exact) mass is 440 g/mol. The van der Waals surface area contributed by atoms with Gasteiger partial charge in [-0.3, -0.25) is 5.01 Å². The van der Waals surface area contributed by atoms with Gasteiger partial charge < -0.3 is 5.11 Å². The van der Waals surface area contributed by atoms with Gasteiger partial charge in [0, 0.05) is 15.4 Å². The number of carbonyl (C=O) groups is 1. The fraction of sp³-hybridized carbons (Fsp3) is 0.222. The number of hydrogen-bond donors (Lipinski definition) is 1. The lowest BCUT2D eigenvalue weighted by atomic mass is 9.88. The SMILES string of the molecule is CC[C@@H]1C(C(=O)O)=NN(c2ccc(Cl)cc2Cl)[C@@H]1c1ccc(Br)cc1. The highest BCUT2D eigenvalue weighted by Crippen LogP contribution is 2.43. The predicted octanol–water partition coefficient (Wildman–Crippen LogP) is 5.78. The predicted molar refractivity (Wildman–Crippen MR) is 105 cm³/mol. The number of halogens is 3. The zero-order valence-electron chi connectivity index (χ0n) is 13.3. The van der Waals surface area contributed by atoms with Crippen LogP contribution in [0.5, 0.6) is 0 Å². The first-order valence-corrected chi connectivity index (χ1v) is 9.28. The second kappa shape index (κ2) is 7.36. The van der Waals surface area contributed by atoms with E-state index in [1.165, 1.54) is 0 Å². The summed E-state index contributed by atoms with van der Waals surface area (Å²) in [6, 6.07) is 12.7. The molecule has 0 saturated heterocycles. The topological polar surface area (TPSA) is 52.9 Å². The molecular weight excluding hydrogens is 427 g/mol. The Hall–Kier alpha value is -1.56. The van der Waals surface area contributed by atoms with E-state index < -0.39 is 5.97 Å². The highest BCUT2D eigenvalue weighted by atomic mass is 79.9. The van der Waals surface area contributed by atoms with E-state index in [1.807, 2.05) is 31.2 Å². The number of carboxylic acids is 1. The minimum Gasteiger partial charge on any atom is -0.477 e. The number of hydrogen-bond acceptors (Lipinski definition) is 3. The molecule has 3 rings (SSSR count). The number of carboxylic acid groups (broad SMARTS) is 1. The summed E-state index contributed by atoms with van der Waals surface area (Å²) < 4.78 is 0.956. The van der Waals surface area contributed by atoms with Crippen LogP contribution >= 0.6 is 39.1 Å². The van der Waals surface area contributed by atoms with Crippen LogP contribution in [0, 0.1) is 5.92 Å². The average Bonchev–Trinajstić information content (AvgIpc) is 2.95. The maximum Gasteiger partial charge on any atom is 0.352 e. The third-order valence-electron chi connectivity index (χ3n) is 4.24. The van der Waals surface area contributed by atoms with Crippen molar-refractivity contribution in [2.75, 3.05) is 5.01 Å². The molecule has 1 aliphatic rings. The van der Waals surface area contributed by atoms with E-state index >= 15 is 0 Å². The van der Waals surface area contributed by atoms with Crippen molar-refractivity contribution < 1.29 is 9.90 Å². The molecule has 0 radical (unpaired) electrons. The number of anilines is 1. The third kappa shape index (κ3) is 3.54. The highest BCUT2D eigenvalue weighted by Gasteiger charge is 2.41. The minimum absolute atomic E-state index is 0.140. The van der Waals surface area contributed by atoms with E-state index in [-0.39, 0.29) is 17.7 Å². The lowest BCUT2D eigenvalue weighted by Gasteiger charge is -2.28. The molecule has 0 amide bonds. The molecule has 0 saturated carbocycles. The number of benzene rings is 2. The molecule has 25 heavy (non-hydrogen) atoms. The molecule has 7 heteroatoms. The molecule has 0 fully saturated rings. The highest BCUT2D eigenvalue weighted by molar-refractivity contribution is 9.10. The fourth-order valence-corrected chi connectivity index (χ4v) is 3.85. The Bertz CT molecular complexity index is 839. The van der Waals surface area contributed by atoms with Crippen molar-refractivity contribution in [2.45, 2.75) is 19.4 Å². The van der Waals surface area contributed by atoms with Gasteiger partial charge >= 0.3 is 5.97 Å². The van der Waals surface area contributed by atoms with Crippen molar-refractivity contribution in [3.8, 4) is 0 Å². The summed E-state index contributed by atoms with van der Waals surface area (Å²) >= 11 is 15.8. The number of rotatable bonds is 4. The van der Waals surface area contributed by atoms with E-state index in [4.69, 9.17) is 23.2 Å². The average molecular weight is 442 g/mol. The Morgan fingerprint density at radius 3 is 2.48 bits per heavy atom. The van der Waals surface area contributed by atoms with Gasteiger partial charge in [-0.15, -0.1) is 0 Å². The lowest BCUT2D eigenvalue weighted by Crippen LogP contribution is -2.27. The molecular formula is C18H15BrCl2N2O2. The molecule has 1 aliphatic heterocycles. The molecule has 1 heterocycles. The van der Waals surface area contributed by atoms with Crippen LogP contribution in [0.25, 0.3) is 0 Å². The van der Waals surface area contributed by atoms with Crippen LogP contribution in [-0.2, 0) is 4.79 Å². The molecule has 1 N–H and O–H groups in total. The van der Waals surface area contributed by atoms with Crippen LogP contribution in [0.3, 0.4) is 0 Å². The third-order valence-corrected chi connectivity index (χ3v) is 5.30. The Morgan fingerprint density at radius 1 is 1.24 bits per heavy atom. The summed E-state index contributed by atoms with van der Waals surface area (Å²) in [6.45, 7) is 1.96. The molecule has 130 valence electrons. The number of nitrogens with zero attached hydrogens (tertiary/aromatic N) is 2. The van der Waals surface area contributed by atoms with Crippen LogP contribution in [0.15, 0.2) is 52.0 Å². The van der Waals surface area contributed by atoms with E-state index in [0.29, 0.717) is 22.2 Å². The standard InChI is InChI=1S/C18H15BrCl2N2O2/c1-2-13-16(18(24)25)22-23(15-8-7-12(20)9-14(15)21)17(13)10-3-5-11(19)6-4-10/h3-9,13,17H,2H2,1H3,(H,24,25)/t13-,17-/m1/s1. The summed E-state index contributed by atoms with van der Waals surface area (Å²) in [5, 5.41) is 16.6. The van der Waals surface area contributed by atoms with Gasteiger partial charge in [-0.25, -0.2) is 4.79 Å². The van der Waals surface area contributed by atoms with Crippen LogP contribution in [0.1, 0.15) is 24.9 Å². The molecule has 2 aromatic rings. The van der Waals surface area contributed by atoms with Crippen LogP contribution in [-0.4, -0.2) is 16.8 Å². The molecule has 0 aromatic heterocycles. The van der Waals surface area contributed by atoms with Gasteiger partial charge in [0.25, 0.3) is 0 Å². The lowest BCUT2D eigenvalue weighted by molar-refractivity contribution is -0.129. The normalized spacial score (nSPS) is 19.8. The van der Waals surface area contributed by atoms with Gasteiger partial charge in [0.2, 0.25) is 0 Å². The molecule has 0 aliphatic carbocycles. The molecule has 0 bridgehead atoms. The van der Waals surface area contributed by atoms with Gasteiger partial charge in [0.1, 0.15) is 0 Å². The van der Waals surface area contributed by atoms with Crippen molar-refractivity contribution in [1.82, 2.24) is 0 Å². The Morgan fingerprint density at radius 2 is 1.92 bits per heavy atom. The summed E-state index contributed by atoms with van der Waals surface area (Å²) in [7, 11) is 0. The summed E-state index contributed by atoms with van der Waals surface area (Å²) in [4.78, 5) is 11.7. The van der Waals surface area contributed by atoms with E-state index in [0.717, 1.165) is 10.0 Å². The smallest absolute Gasteiger partial charge is 0.352 e. The Balaban J connectivity index is 2.13. The van der Waals surface area contributed by atoms with Crippen molar-refractivity contribution in [3.05, 3.63) is 62.5 Å². The zero-order valence-corrected chi connectivity index (χ0v) is 16.4. The molecule has 2 atom stereocenters. The van der Waals surface area contributed by atoms with E-state index in [2.05, 4.69) is 21.0 Å². The van der Waals surface area contributed by atoms with Gasteiger partial charge in [-0.1, -0.05) is 58.2 Å². The first kappa shape index (κ1) is 18.2. The van der Waals surface area contributed by atoms with Crippen LogP contribution in [0.4, 0.5) is 5.69 Å². The van der Waals surface area contributed by atoms with Crippen molar-refractivity contribution in [1.29, 1.82) is 0 Å². The minimum atomic E-state index is -1.01. The second-order valence-electron chi connectivity index (χ2n) is 5.74. The van der Waals surface area contributed by atoms with Crippen LogP contribution < -0.4 is 5.01 Å². The number of aliphatic carboxylic acids is 1. The maximum atomic E-state index is 11.7. The van der Waals surface area contributed by atoms with Gasteiger partial charge in [0.05, 0.1) is 16.8 Å². The van der Waals surface area contributed by atoms with Crippen molar-refractivity contribution >= 4 is 56.5 Å². The fourth-order valence-electron chi connectivity index (χ4n) is 3.09. The van der Waals surface area contributed by atoms with Crippen molar-refractivity contribution in [3.63, 3.8) is 0 Å². The van der Waals surface area contributed by atoms with Gasteiger partial charge in [0.15, 0.2) is 5.71 Å². The quantitative estimate of drug-likeness (QED) is 0.653. The summed E-state index contributed by atoms with van der Waals surface area (Å²) in [5.74, 6) is -1.26. The molecule has 0 spiro atoms. The van der Waals surface area contributed by atoms with Crippen molar-refractivity contribution in [2.24, 2.45) is 11.0 Å². The zero-order chi connectivity index (χ0) is 18.1. The number of hydrazone groups is 1. The molecule has 2 aromatic carbocycles. The largest absolute Gasteiger partial charge is 0.477 e. The van der Waals surface area contributed by atoms with Gasteiger partial charge in [-0.2, -0.15) is 5.10 Å². The van der Waals surface area contributed by atoms with E-state index in [1.54, 1.807) is 23.2 Å². The summed E-state index contributed by atoms with van der Waals surface area (Å²) in [5.41, 5.74) is 1.75. The first-order chi connectivity index (χ1) is 11.9. The maximum absolute atomic E-state index is 11.7. The second-order valence-corrected chi connectivity index (χ2v) is 7.50. The van der Waals surface area contributed by atoms with Gasteiger partial charge in [-0.05, 0) is 42.3 Å². The first-order valence-electron chi connectivity index (χ1n) is 7.74. The Labute approximate surface area is 164 Å². The summed E-state index contributed by atoms with van der Waals surface area (Å²) in [6.07, 6.45) is 0.646. The Kier molecular flexibility index (Phi) is 5.37.